The molecule has 1 fully saturated rings. The molecule has 2 aromatic carbocycles. The summed E-state index contributed by atoms with van der Waals surface area (Å²) in [6, 6.07) is 16.1. The maximum Gasteiger partial charge on any atom is 0.266 e. The number of benzene rings is 2. The van der Waals surface area contributed by atoms with Gasteiger partial charge in [-0.1, -0.05) is 72.5 Å². The Bertz CT molecular complexity index is 776. The van der Waals surface area contributed by atoms with Gasteiger partial charge in [0.05, 0.1) is 11.4 Å². The van der Waals surface area contributed by atoms with E-state index in [1.165, 1.54) is 22.9 Å². The van der Waals surface area contributed by atoms with Crippen molar-refractivity contribution in [1.29, 1.82) is 0 Å². The van der Waals surface area contributed by atoms with E-state index in [1.807, 2.05) is 42.5 Å². The Morgan fingerprint density at radius 3 is 2.35 bits per heavy atom. The number of aryl methyl sites for hydroxylation is 2. The fourth-order valence-corrected chi connectivity index (χ4v) is 3.83. The molecule has 1 aliphatic heterocycles. The highest BCUT2D eigenvalue weighted by Gasteiger charge is 2.32. The van der Waals surface area contributed by atoms with Crippen molar-refractivity contribution in [3.8, 4) is 0 Å². The number of amides is 1. The molecule has 0 aromatic heterocycles. The fourth-order valence-electron chi connectivity index (χ4n) is 2.59. The smallest absolute Gasteiger partial charge is 0.266 e. The molecule has 1 saturated heterocycles. The van der Waals surface area contributed by atoms with Crippen LogP contribution in [-0.4, -0.2) is 15.1 Å². The van der Waals surface area contributed by atoms with Gasteiger partial charge in [0.25, 0.3) is 5.91 Å². The van der Waals surface area contributed by atoms with Crippen LogP contribution >= 0.6 is 24.0 Å². The van der Waals surface area contributed by atoms with Gasteiger partial charge in [-0.2, -0.15) is 0 Å². The maximum atomic E-state index is 12.7. The zero-order valence-electron chi connectivity index (χ0n) is 13.1. The summed E-state index contributed by atoms with van der Waals surface area (Å²) >= 11 is 6.79. The van der Waals surface area contributed by atoms with Gasteiger partial charge in [-0.05, 0) is 42.2 Å². The molecule has 1 amide bonds. The minimum atomic E-state index is -0.00786. The van der Waals surface area contributed by atoms with Crippen LogP contribution in [0.3, 0.4) is 0 Å². The van der Waals surface area contributed by atoms with Crippen LogP contribution < -0.4 is 0 Å². The molecule has 0 spiro atoms. The second-order valence-corrected chi connectivity index (χ2v) is 7.23. The lowest BCUT2D eigenvalue weighted by atomic mass is 10.0. The molecule has 0 bridgehead atoms. The van der Waals surface area contributed by atoms with Crippen molar-refractivity contribution in [2.24, 2.45) is 0 Å². The summed E-state index contributed by atoms with van der Waals surface area (Å²) in [5.41, 5.74) is 4.52. The second-order valence-electron chi connectivity index (χ2n) is 5.56. The average molecular weight is 339 g/mol. The molecule has 1 aliphatic rings. The fraction of sp³-hybridized carbons (Fsp3) is 0.158. The molecule has 1 heterocycles. The second kappa shape index (κ2) is 6.69. The first kappa shape index (κ1) is 16.0. The zero-order chi connectivity index (χ0) is 16.4. The molecule has 0 radical (unpaired) electrons. The van der Waals surface area contributed by atoms with Crippen LogP contribution in [0.4, 0.5) is 0 Å². The summed E-state index contributed by atoms with van der Waals surface area (Å²) in [5.74, 6) is -0.00786. The standard InChI is InChI=1S/C19H17NOS2/c1-13-7-6-8-14(2)16(13)11-17-18(21)20(19(22)23-17)12-15-9-4-3-5-10-15/h3-11H,12H2,1-2H3/b17-11-. The number of thiocarbonyl (C=S) groups is 1. The van der Waals surface area contributed by atoms with E-state index in [4.69, 9.17) is 12.2 Å². The number of thioether (sulfide) groups is 1. The zero-order valence-corrected chi connectivity index (χ0v) is 14.7. The summed E-state index contributed by atoms with van der Waals surface area (Å²) in [6.07, 6.45) is 1.97. The van der Waals surface area contributed by atoms with Crippen LogP contribution in [0.1, 0.15) is 22.3 Å². The third-order valence-electron chi connectivity index (χ3n) is 3.87. The molecule has 116 valence electrons. The van der Waals surface area contributed by atoms with Crippen molar-refractivity contribution < 1.29 is 4.79 Å². The van der Waals surface area contributed by atoms with Crippen LogP contribution in [0, 0.1) is 13.8 Å². The SMILES string of the molecule is Cc1cccc(C)c1/C=C1\SC(=S)N(Cc2ccccc2)C1=O. The van der Waals surface area contributed by atoms with Crippen LogP contribution in [0.5, 0.6) is 0 Å². The Balaban J connectivity index is 1.88. The topological polar surface area (TPSA) is 20.3 Å². The molecule has 2 aromatic rings. The number of hydrogen-bond donors (Lipinski definition) is 0. The van der Waals surface area contributed by atoms with Gasteiger partial charge in [-0.15, -0.1) is 0 Å². The minimum absolute atomic E-state index is 0.00786. The van der Waals surface area contributed by atoms with Crippen molar-refractivity contribution >= 4 is 40.3 Å². The van der Waals surface area contributed by atoms with Crippen molar-refractivity contribution in [2.75, 3.05) is 0 Å². The predicted octanol–water partition coefficient (Wildman–Crippen LogP) is 4.70. The number of nitrogens with zero attached hydrogens (tertiary/aromatic N) is 1. The quantitative estimate of drug-likeness (QED) is 0.597. The Morgan fingerprint density at radius 1 is 1.04 bits per heavy atom. The van der Waals surface area contributed by atoms with Crippen LogP contribution in [0.2, 0.25) is 0 Å². The molecule has 0 unspecified atom stereocenters. The summed E-state index contributed by atoms with van der Waals surface area (Å²) < 4.78 is 0.622. The molecule has 0 aliphatic carbocycles. The van der Waals surface area contributed by atoms with Gasteiger partial charge >= 0.3 is 0 Å². The largest absolute Gasteiger partial charge is 0.288 e. The van der Waals surface area contributed by atoms with Gasteiger partial charge in [0.1, 0.15) is 4.32 Å². The molecule has 4 heteroatoms. The van der Waals surface area contributed by atoms with Gasteiger partial charge < -0.3 is 0 Å². The normalized spacial score (nSPS) is 16.4. The van der Waals surface area contributed by atoms with Gasteiger partial charge in [0, 0.05) is 0 Å². The van der Waals surface area contributed by atoms with E-state index in [1.54, 1.807) is 4.90 Å². The molecular weight excluding hydrogens is 322 g/mol. The van der Waals surface area contributed by atoms with E-state index in [0.29, 0.717) is 15.8 Å². The number of carbonyl (C=O) groups excluding carboxylic acids is 1. The minimum Gasteiger partial charge on any atom is -0.288 e. The average Bonchev–Trinajstić information content (AvgIpc) is 2.80. The molecule has 2 nitrogen and oxygen atoms in total. The van der Waals surface area contributed by atoms with E-state index in [2.05, 4.69) is 26.0 Å². The molecular formula is C19H17NOS2. The van der Waals surface area contributed by atoms with Crippen LogP contribution in [0.15, 0.2) is 53.4 Å². The van der Waals surface area contributed by atoms with Crippen molar-refractivity contribution in [3.05, 3.63) is 75.7 Å². The van der Waals surface area contributed by atoms with Gasteiger partial charge in [0.2, 0.25) is 0 Å². The summed E-state index contributed by atoms with van der Waals surface area (Å²) in [4.78, 5) is 15.1. The lowest BCUT2D eigenvalue weighted by Gasteiger charge is -2.14. The monoisotopic (exact) mass is 339 g/mol. The van der Waals surface area contributed by atoms with E-state index in [-0.39, 0.29) is 5.91 Å². The molecule has 0 saturated carbocycles. The first-order valence-electron chi connectivity index (χ1n) is 7.42. The van der Waals surface area contributed by atoms with E-state index in [0.717, 1.165) is 11.1 Å². The Morgan fingerprint density at radius 2 is 1.70 bits per heavy atom. The van der Waals surface area contributed by atoms with Gasteiger partial charge in [0.15, 0.2) is 0 Å². The lowest BCUT2D eigenvalue weighted by molar-refractivity contribution is -0.122. The van der Waals surface area contributed by atoms with Gasteiger partial charge in [-0.3, -0.25) is 9.69 Å². The highest BCUT2D eigenvalue weighted by atomic mass is 32.2. The van der Waals surface area contributed by atoms with E-state index in [9.17, 15) is 4.79 Å². The Kier molecular flexibility index (Phi) is 4.64. The molecule has 0 atom stereocenters. The summed E-state index contributed by atoms with van der Waals surface area (Å²) in [6.45, 7) is 4.64. The third kappa shape index (κ3) is 3.38. The number of rotatable bonds is 3. The number of hydrogen-bond acceptors (Lipinski definition) is 3. The predicted molar refractivity (Wildman–Crippen MR) is 101 cm³/mol. The van der Waals surface area contributed by atoms with Crippen LogP contribution in [-0.2, 0) is 11.3 Å². The number of carbonyl (C=O) groups is 1. The molecule has 23 heavy (non-hydrogen) atoms. The first-order valence-corrected chi connectivity index (χ1v) is 8.64. The Hall–Kier alpha value is -1.91. The van der Waals surface area contributed by atoms with Crippen molar-refractivity contribution in [1.82, 2.24) is 4.90 Å². The molecule has 0 N–H and O–H groups in total. The van der Waals surface area contributed by atoms with Crippen molar-refractivity contribution in [2.45, 2.75) is 20.4 Å². The summed E-state index contributed by atoms with van der Waals surface area (Å²) in [5, 5.41) is 0. The Labute approximate surface area is 146 Å². The first-order chi connectivity index (χ1) is 11.1. The van der Waals surface area contributed by atoms with Crippen molar-refractivity contribution in [3.63, 3.8) is 0 Å². The summed E-state index contributed by atoms with van der Waals surface area (Å²) in [7, 11) is 0. The van der Waals surface area contributed by atoms with Crippen LogP contribution in [0.25, 0.3) is 6.08 Å². The molecule has 3 rings (SSSR count). The third-order valence-corrected chi connectivity index (χ3v) is 5.25. The van der Waals surface area contributed by atoms with E-state index >= 15 is 0 Å². The van der Waals surface area contributed by atoms with E-state index < -0.39 is 0 Å². The lowest BCUT2D eigenvalue weighted by Crippen LogP contribution is -2.27. The van der Waals surface area contributed by atoms with Gasteiger partial charge in [-0.25, -0.2) is 0 Å². The maximum absolute atomic E-state index is 12.7. The highest BCUT2D eigenvalue weighted by molar-refractivity contribution is 8.26. The highest BCUT2D eigenvalue weighted by Crippen LogP contribution is 2.34.